The van der Waals surface area contributed by atoms with Crippen molar-refractivity contribution in [3.8, 4) is 11.1 Å². The third-order valence-electron chi connectivity index (χ3n) is 2.68. The van der Waals surface area contributed by atoms with Gasteiger partial charge in [0.25, 0.3) is 0 Å². The van der Waals surface area contributed by atoms with Crippen LogP contribution in [0.2, 0.25) is 0 Å². The normalized spacial score (nSPS) is 10.2. The quantitative estimate of drug-likeness (QED) is 0.775. The van der Waals surface area contributed by atoms with E-state index in [1.54, 1.807) is 18.2 Å². The zero-order valence-electron chi connectivity index (χ0n) is 9.47. The van der Waals surface area contributed by atoms with Gasteiger partial charge in [0.2, 0.25) is 0 Å². The number of carbonyl (C=O) groups is 1. The van der Waals surface area contributed by atoms with Gasteiger partial charge in [0, 0.05) is 5.69 Å². The van der Waals surface area contributed by atoms with Crippen LogP contribution in [0.15, 0.2) is 42.5 Å². The summed E-state index contributed by atoms with van der Waals surface area (Å²) in [5.41, 5.74) is 9.61. The molecule has 0 aliphatic rings. The highest BCUT2D eigenvalue weighted by molar-refractivity contribution is 5.89. The largest absolute Gasteiger partial charge is 0.478 e. The second-order valence-corrected chi connectivity index (χ2v) is 3.96. The predicted octanol–water partition coefficient (Wildman–Crippen LogP) is 2.94. The number of carboxylic acid groups (broad SMARTS) is 1. The zero-order chi connectivity index (χ0) is 12.4. The fourth-order valence-electron chi connectivity index (χ4n) is 1.77. The van der Waals surface area contributed by atoms with Crippen LogP contribution < -0.4 is 5.73 Å². The van der Waals surface area contributed by atoms with E-state index in [4.69, 9.17) is 10.8 Å². The van der Waals surface area contributed by atoms with Crippen LogP contribution in [0.1, 0.15) is 15.9 Å². The number of hydrogen-bond donors (Lipinski definition) is 2. The molecule has 0 heterocycles. The summed E-state index contributed by atoms with van der Waals surface area (Å²) in [6.45, 7) is 1.97. The Kier molecular flexibility index (Phi) is 2.83. The van der Waals surface area contributed by atoms with Gasteiger partial charge in [0.15, 0.2) is 0 Å². The standard InChI is InChI=1S/C14H13NO2/c1-9-5-6-12(15)8-13(9)10-3-2-4-11(7-10)14(16)17/h2-8H,15H2,1H3,(H,16,17). The molecule has 2 rings (SSSR count). The Bertz CT molecular complexity index is 576. The van der Waals surface area contributed by atoms with Crippen LogP contribution in [-0.2, 0) is 0 Å². The number of nitrogen functional groups attached to an aromatic ring is 1. The number of benzene rings is 2. The summed E-state index contributed by atoms with van der Waals surface area (Å²) < 4.78 is 0. The highest BCUT2D eigenvalue weighted by Crippen LogP contribution is 2.26. The van der Waals surface area contributed by atoms with Crippen LogP contribution >= 0.6 is 0 Å². The molecule has 2 aromatic carbocycles. The van der Waals surface area contributed by atoms with E-state index in [0.717, 1.165) is 16.7 Å². The van der Waals surface area contributed by atoms with Crippen LogP contribution in [0, 0.1) is 6.92 Å². The van der Waals surface area contributed by atoms with Gasteiger partial charge >= 0.3 is 5.97 Å². The lowest BCUT2D eigenvalue weighted by Crippen LogP contribution is -1.96. The lowest BCUT2D eigenvalue weighted by atomic mass is 9.98. The Morgan fingerprint density at radius 2 is 1.94 bits per heavy atom. The topological polar surface area (TPSA) is 63.3 Å². The van der Waals surface area contributed by atoms with Crippen LogP contribution in [0.3, 0.4) is 0 Å². The first-order chi connectivity index (χ1) is 8.08. The van der Waals surface area contributed by atoms with Crippen molar-refractivity contribution in [3.63, 3.8) is 0 Å². The molecule has 0 saturated heterocycles. The van der Waals surface area contributed by atoms with Crippen molar-refractivity contribution >= 4 is 11.7 Å². The molecule has 0 spiro atoms. The van der Waals surface area contributed by atoms with Gasteiger partial charge < -0.3 is 10.8 Å². The van der Waals surface area contributed by atoms with Crippen molar-refractivity contribution in [2.24, 2.45) is 0 Å². The van der Waals surface area contributed by atoms with Crippen LogP contribution in [0.5, 0.6) is 0 Å². The Balaban J connectivity index is 2.56. The molecule has 3 heteroatoms. The fraction of sp³-hybridized carbons (Fsp3) is 0.0714. The lowest BCUT2D eigenvalue weighted by Gasteiger charge is -2.08. The third-order valence-corrected chi connectivity index (χ3v) is 2.68. The summed E-state index contributed by atoms with van der Waals surface area (Å²) in [6, 6.07) is 12.5. The number of carboxylic acids is 1. The average Bonchev–Trinajstić information content (AvgIpc) is 2.32. The van der Waals surface area contributed by atoms with Gasteiger partial charge in [-0.25, -0.2) is 4.79 Å². The molecule has 0 fully saturated rings. The van der Waals surface area contributed by atoms with Gasteiger partial charge in [-0.05, 0) is 47.9 Å². The summed E-state index contributed by atoms with van der Waals surface area (Å²) >= 11 is 0. The molecule has 2 aromatic rings. The monoisotopic (exact) mass is 227 g/mol. The molecule has 17 heavy (non-hydrogen) atoms. The molecular weight excluding hydrogens is 214 g/mol. The summed E-state index contributed by atoms with van der Waals surface area (Å²) in [5, 5.41) is 8.96. The summed E-state index contributed by atoms with van der Waals surface area (Å²) in [6.07, 6.45) is 0. The number of aromatic carboxylic acids is 1. The molecule has 0 aliphatic carbocycles. The molecule has 0 bridgehead atoms. The van der Waals surface area contributed by atoms with E-state index in [0.29, 0.717) is 5.69 Å². The van der Waals surface area contributed by atoms with Crippen molar-refractivity contribution in [2.75, 3.05) is 5.73 Å². The van der Waals surface area contributed by atoms with E-state index in [1.165, 1.54) is 0 Å². The maximum absolute atomic E-state index is 10.9. The highest BCUT2D eigenvalue weighted by atomic mass is 16.4. The molecule has 0 amide bonds. The molecule has 0 aliphatic heterocycles. The van der Waals surface area contributed by atoms with Gasteiger partial charge in [-0.2, -0.15) is 0 Å². The zero-order valence-corrected chi connectivity index (χ0v) is 9.47. The van der Waals surface area contributed by atoms with Gasteiger partial charge in [-0.3, -0.25) is 0 Å². The fourth-order valence-corrected chi connectivity index (χ4v) is 1.77. The minimum atomic E-state index is -0.923. The Labute approximate surface area is 99.5 Å². The van der Waals surface area contributed by atoms with E-state index >= 15 is 0 Å². The van der Waals surface area contributed by atoms with Crippen LogP contribution in [0.4, 0.5) is 5.69 Å². The van der Waals surface area contributed by atoms with Gasteiger partial charge in [-0.15, -0.1) is 0 Å². The van der Waals surface area contributed by atoms with E-state index < -0.39 is 5.97 Å². The first-order valence-electron chi connectivity index (χ1n) is 5.28. The summed E-state index contributed by atoms with van der Waals surface area (Å²) in [4.78, 5) is 10.9. The Morgan fingerprint density at radius 3 is 2.65 bits per heavy atom. The van der Waals surface area contributed by atoms with E-state index in [2.05, 4.69) is 0 Å². The number of anilines is 1. The number of nitrogens with two attached hydrogens (primary N) is 1. The SMILES string of the molecule is Cc1ccc(N)cc1-c1cccc(C(=O)O)c1. The van der Waals surface area contributed by atoms with Crippen LogP contribution in [-0.4, -0.2) is 11.1 Å². The maximum atomic E-state index is 10.9. The van der Waals surface area contributed by atoms with E-state index in [-0.39, 0.29) is 5.56 Å². The van der Waals surface area contributed by atoms with Crippen molar-refractivity contribution in [1.29, 1.82) is 0 Å². The predicted molar refractivity (Wildman–Crippen MR) is 68.0 cm³/mol. The summed E-state index contributed by atoms with van der Waals surface area (Å²) in [7, 11) is 0. The smallest absolute Gasteiger partial charge is 0.335 e. The molecule has 0 radical (unpaired) electrons. The summed E-state index contributed by atoms with van der Waals surface area (Å²) in [5.74, 6) is -0.923. The first kappa shape index (κ1) is 11.2. The molecular formula is C14H13NO2. The Morgan fingerprint density at radius 1 is 1.18 bits per heavy atom. The van der Waals surface area contributed by atoms with Gasteiger partial charge in [0.05, 0.1) is 5.56 Å². The molecule has 0 aromatic heterocycles. The van der Waals surface area contributed by atoms with Crippen molar-refractivity contribution in [3.05, 3.63) is 53.6 Å². The van der Waals surface area contributed by atoms with E-state index in [9.17, 15) is 4.79 Å². The molecule has 3 N–H and O–H groups in total. The van der Waals surface area contributed by atoms with Crippen LogP contribution in [0.25, 0.3) is 11.1 Å². The van der Waals surface area contributed by atoms with Crippen molar-refractivity contribution in [2.45, 2.75) is 6.92 Å². The third kappa shape index (κ3) is 2.28. The van der Waals surface area contributed by atoms with Gasteiger partial charge in [-0.1, -0.05) is 18.2 Å². The molecule has 3 nitrogen and oxygen atoms in total. The second kappa shape index (κ2) is 4.29. The van der Waals surface area contributed by atoms with Gasteiger partial charge in [0.1, 0.15) is 0 Å². The van der Waals surface area contributed by atoms with Crippen molar-refractivity contribution < 1.29 is 9.90 Å². The number of rotatable bonds is 2. The highest BCUT2D eigenvalue weighted by Gasteiger charge is 2.06. The number of aryl methyl sites for hydroxylation is 1. The maximum Gasteiger partial charge on any atom is 0.335 e. The molecule has 0 saturated carbocycles. The second-order valence-electron chi connectivity index (χ2n) is 3.96. The van der Waals surface area contributed by atoms with Crippen molar-refractivity contribution in [1.82, 2.24) is 0 Å². The molecule has 0 unspecified atom stereocenters. The minimum absolute atomic E-state index is 0.282. The first-order valence-corrected chi connectivity index (χ1v) is 5.28. The number of hydrogen-bond acceptors (Lipinski definition) is 2. The average molecular weight is 227 g/mol. The Hall–Kier alpha value is -2.29. The van der Waals surface area contributed by atoms with E-state index in [1.807, 2.05) is 31.2 Å². The molecule has 86 valence electrons. The lowest BCUT2D eigenvalue weighted by molar-refractivity contribution is 0.0697. The molecule has 0 atom stereocenters. The minimum Gasteiger partial charge on any atom is -0.478 e.